The average molecular weight is 464 g/mol. The number of cyclic esters (lactones) is 1. The summed E-state index contributed by atoms with van der Waals surface area (Å²) < 4.78 is 15.7. The highest BCUT2D eigenvalue weighted by Crippen LogP contribution is 2.21. The van der Waals surface area contributed by atoms with Crippen LogP contribution in [-0.2, 0) is 25.4 Å². The van der Waals surface area contributed by atoms with Crippen molar-refractivity contribution in [3.8, 4) is 0 Å². The quantitative estimate of drug-likeness (QED) is 0.535. The molecule has 1 aromatic carbocycles. The number of benzene rings is 1. The number of nitrogens with one attached hydrogen (secondary N) is 1. The Morgan fingerprint density at radius 1 is 1.09 bits per heavy atom. The maximum Gasteiger partial charge on any atom is 0.430 e. The third-order valence-electron chi connectivity index (χ3n) is 4.46. The van der Waals surface area contributed by atoms with Gasteiger partial charge in [0.05, 0.1) is 6.04 Å². The molecular formula is C23H33N3O7. The number of hydrogen-bond acceptors (Lipinski definition) is 7. The molecule has 0 aliphatic carbocycles. The minimum Gasteiger partial charge on any atom is -0.447 e. The van der Waals surface area contributed by atoms with E-state index in [1.165, 1.54) is 6.92 Å². The fourth-order valence-electron chi connectivity index (χ4n) is 3.09. The van der Waals surface area contributed by atoms with Crippen LogP contribution in [0.3, 0.4) is 0 Å². The topological polar surface area (TPSA) is 114 Å². The van der Waals surface area contributed by atoms with Crippen molar-refractivity contribution in [3.05, 3.63) is 35.9 Å². The first-order valence-electron chi connectivity index (χ1n) is 10.7. The van der Waals surface area contributed by atoms with E-state index >= 15 is 0 Å². The van der Waals surface area contributed by atoms with Crippen molar-refractivity contribution < 1.29 is 33.4 Å². The minimum atomic E-state index is -1.28. The predicted octanol–water partition coefficient (Wildman–Crippen LogP) is 3.64. The molecule has 1 aliphatic rings. The Kier molecular flexibility index (Phi) is 7.94. The number of ether oxygens (including phenoxy) is 3. The van der Waals surface area contributed by atoms with Gasteiger partial charge in [-0.2, -0.15) is 0 Å². The first-order chi connectivity index (χ1) is 15.2. The molecule has 0 spiro atoms. The van der Waals surface area contributed by atoms with E-state index in [4.69, 9.17) is 14.2 Å². The van der Waals surface area contributed by atoms with Crippen LogP contribution in [0.1, 0.15) is 54.0 Å². The molecule has 1 N–H and O–H groups in total. The lowest BCUT2D eigenvalue weighted by Crippen LogP contribution is -2.59. The fraction of sp³-hybridized carbons (Fsp3) is 0.565. The summed E-state index contributed by atoms with van der Waals surface area (Å²) in [4.78, 5) is 51.9. The van der Waals surface area contributed by atoms with E-state index < -0.39 is 47.5 Å². The number of nitrogens with zero attached hydrogens (tertiary/aromatic N) is 2. The van der Waals surface area contributed by atoms with Crippen LogP contribution in [-0.4, -0.2) is 64.0 Å². The number of carbonyl (C=O) groups excluding carboxylic acids is 4. The highest BCUT2D eigenvalue weighted by Gasteiger charge is 2.43. The van der Waals surface area contributed by atoms with Crippen molar-refractivity contribution in [3.63, 3.8) is 0 Å². The molecule has 1 aliphatic heterocycles. The summed E-state index contributed by atoms with van der Waals surface area (Å²) in [5, 5.41) is 0.729. The van der Waals surface area contributed by atoms with Gasteiger partial charge in [0, 0.05) is 0 Å². The Hall–Kier alpha value is -3.30. The average Bonchev–Trinajstić information content (AvgIpc) is 3.03. The number of carbonyl (C=O) groups is 4. The van der Waals surface area contributed by atoms with Crippen LogP contribution >= 0.6 is 0 Å². The SMILES string of the molecule is C[C@@H](C(=O)N1C(=O)OC[C@@H]1Cc1ccccc1)N(NC(=O)OC(C)(C)C)C(=O)OC(C)(C)C. The summed E-state index contributed by atoms with van der Waals surface area (Å²) in [6, 6.07) is 7.50. The van der Waals surface area contributed by atoms with Gasteiger partial charge in [0.2, 0.25) is 0 Å². The predicted molar refractivity (Wildman–Crippen MR) is 119 cm³/mol. The number of imide groups is 1. The van der Waals surface area contributed by atoms with Gasteiger partial charge in [-0.05, 0) is 60.5 Å². The summed E-state index contributed by atoms with van der Waals surface area (Å²) in [6.07, 6.45) is -2.34. The van der Waals surface area contributed by atoms with Crippen LogP contribution in [0.5, 0.6) is 0 Å². The molecule has 10 heteroatoms. The molecule has 0 saturated carbocycles. The number of hydrogen-bond donors (Lipinski definition) is 1. The van der Waals surface area contributed by atoms with Crippen LogP contribution in [0.2, 0.25) is 0 Å². The molecule has 1 fully saturated rings. The van der Waals surface area contributed by atoms with Gasteiger partial charge in [0.1, 0.15) is 23.9 Å². The zero-order valence-electron chi connectivity index (χ0n) is 20.2. The van der Waals surface area contributed by atoms with E-state index in [-0.39, 0.29) is 6.61 Å². The molecule has 0 aromatic heterocycles. The van der Waals surface area contributed by atoms with Gasteiger partial charge in [0.25, 0.3) is 5.91 Å². The van der Waals surface area contributed by atoms with E-state index in [2.05, 4.69) is 5.43 Å². The zero-order chi connectivity index (χ0) is 25.0. The minimum absolute atomic E-state index is 0.0259. The van der Waals surface area contributed by atoms with Crippen molar-refractivity contribution >= 4 is 24.2 Å². The Bertz CT molecular complexity index is 874. The summed E-state index contributed by atoms with van der Waals surface area (Å²) in [5.74, 6) is -0.722. The van der Waals surface area contributed by atoms with Gasteiger partial charge >= 0.3 is 18.3 Å². The summed E-state index contributed by atoms with van der Waals surface area (Å²) in [5.41, 5.74) is 1.47. The Labute approximate surface area is 194 Å². The first kappa shape index (κ1) is 26.0. The molecule has 2 atom stereocenters. The van der Waals surface area contributed by atoms with E-state index in [9.17, 15) is 19.2 Å². The van der Waals surface area contributed by atoms with E-state index in [1.54, 1.807) is 41.5 Å². The van der Waals surface area contributed by atoms with Crippen molar-refractivity contribution in [1.82, 2.24) is 15.3 Å². The van der Waals surface area contributed by atoms with Crippen molar-refractivity contribution in [2.45, 2.75) is 78.2 Å². The van der Waals surface area contributed by atoms with Gasteiger partial charge in [-0.3, -0.25) is 4.79 Å². The molecule has 33 heavy (non-hydrogen) atoms. The van der Waals surface area contributed by atoms with Crippen molar-refractivity contribution in [2.24, 2.45) is 0 Å². The highest BCUT2D eigenvalue weighted by atomic mass is 16.6. The maximum absolute atomic E-state index is 13.3. The van der Waals surface area contributed by atoms with Crippen LogP contribution < -0.4 is 5.43 Å². The molecule has 1 heterocycles. The molecule has 10 nitrogen and oxygen atoms in total. The third kappa shape index (κ3) is 7.65. The normalized spacial score (nSPS) is 17.1. The fourth-order valence-corrected chi connectivity index (χ4v) is 3.09. The standard InChI is InChI=1S/C23H33N3O7/c1-15(26(21(30)33-23(5,6)7)24-19(28)32-22(2,3)4)18(27)25-17(14-31-20(25)29)13-16-11-9-8-10-12-16/h8-12,15,17H,13-14H2,1-7H3,(H,24,28)/t15-,17-/m0/s1. The van der Waals surface area contributed by atoms with Crippen LogP contribution in [0.15, 0.2) is 30.3 Å². The van der Waals surface area contributed by atoms with E-state index in [0.717, 1.165) is 15.5 Å². The molecule has 182 valence electrons. The lowest BCUT2D eigenvalue weighted by Gasteiger charge is -2.33. The van der Waals surface area contributed by atoms with Gasteiger partial charge in [-0.25, -0.2) is 29.7 Å². The second-order valence-corrected chi connectivity index (χ2v) is 9.77. The molecule has 1 aromatic rings. The number of hydrazine groups is 1. The lowest BCUT2D eigenvalue weighted by atomic mass is 10.1. The van der Waals surface area contributed by atoms with Crippen LogP contribution in [0.4, 0.5) is 14.4 Å². The smallest absolute Gasteiger partial charge is 0.430 e. The molecule has 2 rings (SSSR count). The monoisotopic (exact) mass is 463 g/mol. The molecule has 0 bridgehead atoms. The summed E-state index contributed by atoms with van der Waals surface area (Å²) in [6.45, 7) is 11.3. The van der Waals surface area contributed by atoms with E-state index in [1.807, 2.05) is 30.3 Å². The Balaban J connectivity index is 2.25. The largest absolute Gasteiger partial charge is 0.447 e. The van der Waals surface area contributed by atoms with Gasteiger partial charge < -0.3 is 14.2 Å². The summed E-state index contributed by atoms with van der Waals surface area (Å²) >= 11 is 0. The zero-order valence-corrected chi connectivity index (χ0v) is 20.2. The Morgan fingerprint density at radius 3 is 2.21 bits per heavy atom. The maximum atomic E-state index is 13.3. The van der Waals surface area contributed by atoms with Crippen molar-refractivity contribution in [2.75, 3.05) is 6.61 Å². The molecule has 0 unspecified atom stereocenters. The number of rotatable bonds is 4. The summed E-state index contributed by atoms with van der Waals surface area (Å²) in [7, 11) is 0. The van der Waals surface area contributed by atoms with Crippen LogP contribution in [0.25, 0.3) is 0 Å². The van der Waals surface area contributed by atoms with Gasteiger partial charge in [0.15, 0.2) is 0 Å². The highest BCUT2D eigenvalue weighted by molar-refractivity contribution is 5.97. The molecular weight excluding hydrogens is 430 g/mol. The van der Waals surface area contributed by atoms with Crippen LogP contribution in [0, 0.1) is 0 Å². The van der Waals surface area contributed by atoms with Gasteiger partial charge in [-0.15, -0.1) is 0 Å². The van der Waals surface area contributed by atoms with Crippen molar-refractivity contribution in [1.29, 1.82) is 0 Å². The third-order valence-corrected chi connectivity index (χ3v) is 4.46. The molecule has 4 amide bonds. The lowest BCUT2D eigenvalue weighted by molar-refractivity contribution is -0.135. The second-order valence-electron chi connectivity index (χ2n) is 9.77. The first-order valence-corrected chi connectivity index (χ1v) is 10.7. The second kappa shape index (κ2) is 10.1. The molecule has 1 saturated heterocycles. The molecule has 0 radical (unpaired) electrons. The Morgan fingerprint density at radius 2 is 1.67 bits per heavy atom. The van der Waals surface area contributed by atoms with E-state index in [0.29, 0.717) is 6.42 Å². The number of amides is 4. The van der Waals surface area contributed by atoms with Gasteiger partial charge in [-0.1, -0.05) is 30.3 Å².